The van der Waals surface area contributed by atoms with Gasteiger partial charge in [-0.3, -0.25) is 9.59 Å². The maximum absolute atomic E-state index is 13.5. The third-order valence-corrected chi connectivity index (χ3v) is 13.4. The van der Waals surface area contributed by atoms with Gasteiger partial charge in [-0.2, -0.15) is 0 Å². The van der Waals surface area contributed by atoms with Crippen LogP contribution in [-0.4, -0.2) is 86.5 Å². The minimum absolute atomic E-state index is 0.144. The number of Topliss-reactive ketones (excluding diaryl/α,β-unsaturated/α-hetero) is 2. The Morgan fingerprint density at radius 2 is 1.36 bits per heavy atom. The number of allylic oxidation sites excluding steroid dienone is 4. The van der Waals surface area contributed by atoms with Gasteiger partial charge >= 0.3 is 5.97 Å². The van der Waals surface area contributed by atoms with Crippen molar-refractivity contribution in [3.8, 4) is 0 Å². The first-order valence-electron chi connectivity index (χ1n) is 21.1. The van der Waals surface area contributed by atoms with Gasteiger partial charge < -0.3 is 34.6 Å². The lowest BCUT2D eigenvalue weighted by Gasteiger charge is -2.55. The predicted molar refractivity (Wildman–Crippen MR) is 213 cm³/mol. The standard InChI is InChI=1S/C45H74O10/c1-12-35-17-15-13-14-16-26(3)39(48)30(7)41(50)32(9)43(52)33(10)42(51)31(8)40(49)27(4)18-21-38(47)53-44-29(6)36(20-19-35)54-45(34(44)11)23-22-25(2)37(55-45)24-28(5)46/h13-15,17-18,21,25-37,39-40,43-44,46,48-49,52H,12,16,19-20,22-24H2,1-11H3/b14-13+,17-15+,21-18+. The molecule has 3 aliphatic rings. The summed E-state index contributed by atoms with van der Waals surface area (Å²) in [5.41, 5.74) is 0. The summed E-state index contributed by atoms with van der Waals surface area (Å²) in [6.07, 6.45) is 11.1. The maximum atomic E-state index is 13.5. The summed E-state index contributed by atoms with van der Waals surface area (Å²) < 4.78 is 20.0. The fourth-order valence-corrected chi connectivity index (χ4v) is 8.95. The van der Waals surface area contributed by atoms with E-state index in [0.717, 1.165) is 25.7 Å². The zero-order valence-corrected chi connectivity index (χ0v) is 35.5. The lowest BCUT2D eigenvalue weighted by atomic mass is 9.74. The number of rotatable bonds is 3. The van der Waals surface area contributed by atoms with Crippen LogP contribution >= 0.6 is 0 Å². The molecule has 0 aliphatic carbocycles. The quantitative estimate of drug-likeness (QED) is 0.226. The Bertz CT molecular complexity index is 1340. The SMILES string of the molecule is CCC1/C=C/C=C/CC(C)C(O)C(C)C(=O)C(C)C(O)C(C)C(=O)C(C)C(O)C(C)/C=C/C(=O)OC2C(C)C(CC1)OC1(CCC(C)C(CC(C)O)O1)C2C. The zero-order chi connectivity index (χ0) is 41.4. The van der Waals surface area contributed by atoms with Gasteiger partial charge in [0.25, 0.3) is 0 Å². The van der Waals surface area contributed by atoms with Gasteiger partial charge in [0.2, 0.25) is 0 Å². The van der Waals surface area contributed by atoms with Gasteiger partial charge in [0.05, 0.1) is 36.6 Å². The van der Waals surface area contributed by atoms with Crippen molar-refractivity contribution in [3.63, 3.8) is 0 Å². The molecule has 0 aromatic carbocycles. The van der Waals surface area contributed by atoms with Crippen molar-refractivity contribution >= 4 is 17.5 Å². The number of esters is 1. The molecule has 10 heteroatoms. The minimum Gasteiger partial charge on any atom is -0.458 e. The Hall–Kier alpha value is -2.21. The van der Waals surface area contributed by atoms with E-state index in [1.807, 2.05) is 32.1 Å². The van der Waals surface area contributed by atoms with Gasteiger partial charge in [-0.1, -0.05) is 99.6 Å². The molecule has 314 valence electrons. The Labute approximate surface area is 331 Å². The van der Waals surface area contributed by atoms with Crippen molar-refractivity contribution in [2.45, 2.75) is 170 Å². The van der Waals surface area contributed by atoms with Crippen LogP contribution in [0.25, 0.3) is 0 Å². The highest BCUT2D eigenvalue weighted by Gasteiger charge is 2.56. The zero-order valence-electron chi connectivity index (χ0n) is 35.5. The largest absolute Gasteiger partial charge is 0.458 e. The van der Waals surface area contributed by atoms with Crippen LogP contribution in [-0.2, 0) is 28.6 Å². The van der Waals surface area contributed by atoms with Crippen LogP contribution in [0.4, 0.5) is 0 Å². The van der Waals surface area contributed by atoms with Crippen LogP contribution in [0.15, 0.2) is 36.5 Å². The molecule has 0 amide bonds. The molecule has 3 heterocycles. The second kappa shape index (κ2) is 21.0. The molecule has 10 nitrogen and oxygen atoms in total. The number of aliphatic hydroxyl groups is 4. The predicted octanol–water partition coefficient (Wildman–Crippen LogP) is 6.77. The minimum atomic E-state index is -1.30. The van der Waals surface area contributed by atoms with E-state index in [1.165, 1.54) is 6.08 Å². The van der Waals surface area contributed by atoms with Crippen LogP contribution in [0.1, 0.15) is 121 Å². The summed E-state index contributed by atoms with van der Waals surface area (Å²) in [4.78, 5) is 40.4. The first kappa shape index (κ1) is 47.2. The van der Waals surface area contributed by atoms with Crippen molar-refractivity contribution < 1.29 is 49.0 Å². The number of carbonyl (C=O) groups excluding carboxylic acids is 3. The number of fused-ring (bicyclic) bond motifs is 2. The van der Waals surface area contributed by atoms with Crippen LogP contribution < -0.4 is 0 Å². The highest BCUT2D eigenvalue weighted by Crippen LogP contribution is 2.49. The molecular formula is C45H74O10. The van der Waals surface area contributed by atoms with E-state index in [1.54, 1.807) is 47.6 Å². The molecule has 3 aliphatic heterocycles. The number of carbonyl (C=O) groups is 3. The van der Waals surface area contributed by atoms with E-state index in [-0.39, 0.29) is 47.6 Å². The maximum Gasteiger partial charge on any atom is 0.330 e. The van der Waals surface area contributed by atoms with Gasteiger partial charge in [0.1, 0.15) is 17.7 Å². The summed E-state index contributed by atoms with van der Waals surface area (Å²) in [7, 11) is 0. The lowest BCUT2D eigenvalue weighted by Crippen LogP contribution is -2.62. The molecule has 55 heavy (non-hydrogen) atoms. The molecular weight excluding hydrogens is 700 g/mol. The fraction of sp³-hybridized carbons (Fsp3) is 0.800. The second-order valence-corrected chi connectivity index (χ2v) is 17.7. The molecule has 3 rings (SSSR count). The highest BCUT2D eigenvalue weighted by atomic mass is 16.7. The molecule has 0 aromatic rings. The van der Waals surface area contributed by atoms with Crippen molar-refractivity contribution in [1.29, 1.82) is 0 Å². The van der Waals surface area contributed by atoms with Crippen molar-refractivity contribution in [2.24, 2.45) is 59.2 Å². The van der Waals surface area contributed by atoms with Crippen LogP contribution in [0.2, 0.25) is 0 Å². The number of hydrogen-bond donors (Lipinski definition) is 4. The summed E-state index contributed by atoms with van der Waals surface area (Å²) in [6, 6.07) is 0. The number of hydrogen-bond acceptors (Lipinski definition) is 10. The van der Waals surface area contributed by atoms with Gasteiger partial charge in [-0.15, -0.1) is 0 Å². The summed E-state index contributed by atoms with van der Waals surface area (Å²) in [5.74, 6) is -6.53. The molecule has 1 spiro atoms. The number of ether oxygens (including phenoxy) is 3. The molecule has 0 aromatic heterocycles. The van der Waals surface area contributed by atoms with Gasteiger partial charge in [-0.25, -0.2) is 4.79 Å². The van der Waals surface area contributed by atoms with Crippen LogP contribution in [0.5, 0.6) is 0 Å². The van der Waals surface area contributed by atoms with E-state index in [2.05, 4.69) is 26.8 Å². The molecule has 0 radical (unpaired) electrons. The normalized spacial score (nSPS) is 46.1. The van der Waals surface area contributed by atoms with Crippen molar-refractivity contribution in [1.82, 2.24) is 0 Å². The highest BCUT2D eigenvalue weighted by molar-refractivity contribution is 5.87. The van der Waals surface area contributed by atoms with E-state index in [0.29, 0.717) is 19.3 Å². The van der Waals surface area contributed by atoms with Crippen molar-refractivity contribution in [2.75, 3.05) is 0 Å². The topological polar surface area (TPSA) is 160 Å². The first-order valence-corrected chi connectivity index (χ1v) is 21.1. The summed E-state index contributed by atoms with van der Waals surface area (Å²) in [6.45, 7) is 20.1. The summed E-state index contributed by atoms with van der Waals surface area (Å²) >= 11 is 0. The third-order valence-electron chi connectivity index (χ3n) is 13.4. The van der Waals surface area contributed by atoms with E-state index < -0.39 is 77.6 Å². The number of ketones is 2. The van der Waals surface area contributed by atoms with Crippen molar-refractivity contribution in [3.05, 3.63) is 36.5 Å². The van der Waals surface area contributed by atoms with Crippen LogP contribution in [0.3, 0.4) is 0 Å². The molecule has 18 atom stereocenters. The number of aliphatic hydroxyl groups excluding tert-OH is 4. The van der Waals surface area contributed by atoms with E-state index >= 15 is 0 Å². The average molecular weight is 775 g/mol. The second-order valence-electron chi connectivity index (χ2n) is 17.7. The third kappa shape index (κ3) is 11.9. The van der Waals surface area contributed by atoms with Gasteiger partial charge in [0.15, 0.2) is 5.79 Å². The molecule has 2 saturated heterocycles. The molecule has 2 bridgehead atoms. The molecule has 0 saturated carbocycles. The van der Waals surface area contributed by atoms with Gasteiger partial charge in [0, 0.05) is 53.9 Å². The monoisotopic (exact) mass is 775 g/mol. The van der Waals surface area contributed by atoms with Crippen LogP contribution in [0, 0.1) is 59.2 Å². The molecule has 2 fully saturated rings. The lowest BCUT2D eigenvalue weighted by molar-refractivity contribution is -0.371. The van der Waals surface area contributed by atoms with E-state index in [9.17, 15) is 34.8 Å². The smallest absolute Gasteiger partial charge is 0.330 e. The Morgan fingerprint density at radius 1 is 0.764 bits per heavy atom. The molecule has 18 unspecified atom stereocenters. The fourth-order valence-electron chi connectivity index (χ4n) is 8.95. The Kier molecular flexibility index (Phi) is 18.0. The average Bonchev–Trinajstić information content (AvgIpc) is 3.16. The Morgan fingerprint density at radius 3 is 1.96 bits per heavy atom. The summed E-state index contributed by atoms with van der Waals surface area (Å²) in [5, 5.41) is 43.8. The first-order chi connectivity index (χ1) is 25.8. The Balaban J connectivity index is 1.97. The molecule has 4 N–H and O–H groups in total. The van der Waals surface area contributed by atoms with Gasteiger partial charge in [-0.05, 0) is 63.2 Å². The van der Waals surface area contributed by atoms with E-state index in [4.69, 9.17) is 14.2 Å².